The van der Waals surface area contributed by atoms with E-state index >= 15 is 0 Å². The molecule has 1 aromatic heterocycles. The van der Waals surface area contributed by atoms with Crippen molar-refractivity contribution in [3.05, 3.63) is 99.8 Å². The van der Waals surface area contributed by atoms with E-state index in [0.29, 0.717) is 43.3 Å². The lowest BCUT2D eigenvalue weighted by atomic mass is 10.0. The van der Waals surface area contributed by atoms with Crippen molar-refractivity contribution in [1.82, 2.24) is 4.98 Å². The van der Waals surface area contributed by atoms with Crippen molar-refractivity contribution in [2.24, 2.45) is 0 Å². The zero-order valence-electron chi connectivity index (χ0n) is 15.0. The molecule has 3 nitrogen and oxygen atoms in total. The number of para-hydroxylation sites is 1. The molecule has 0 atom stereocenters. The Bertz CT molecular complexity index is 1190. The van der Waals surface area contributed by atoms with Crippen LogP contribution < -0.4 is 0 Å². The van der Waals surface area contributed by atoms with Crippen LogP contribution in [-0.4, -0.2) is 11.0 Å². The molecule has 0 unspecified atom stereocenters. The van der Waals surface area contributed by atoms with Gasteiger partial charge in [0.1, 0.15) is 12.4 Å². The first-order chi connectivity index (χ1) is 14.0. The molecule has 4 aromatic rings. The van der Waals surface area contributed by atoms with Gasteiger partial charge in [-0.3, -0.25) is 0 Å². The molecule has 3 aromatic carbocycles. The van der Waals surface area contributed by atoms with E-state index < -0.39 is 5.97 Å². The molecule has 0 aliphatic carbocycles. The monoisotopic (exact) mass is 425 g/mol. The first kappa shape index (κ1) is 19.4. The number of fused-ring (bicyclic) bond motifs is 1. The minimum atomic E-state index is -0.525. The fourth-order valence-electron chi connectivity index (χ4n) is 3.00. The van der Waals surface area contributed by atoms with Crippen LogP contribution in [0.4, 0.5) is 4.39 Å². The summed E-state index contributed by atoms with van der Waals surface area (Å²) in [6.45, 7) is -0.0557. The number of hydrogen-bond acceptors (Lipinski definition) is 3. The van der Waals surface area contributed by atoms with Crippen molar-refractivity contribution in [2.45, 2.75) is 6.61 Å². The molecule has 4 rings (SSSR count). The van der Waals surface area contributed by atoms with Crippen LogP contribution in [0.3, 0.4) is 0 Å². The number of ether oxygens (including phenoxy) is 1. The number of carbonyl (C=O) groups is 1. The maximum Gasteiger partial charge on any atom is 0.339 e. The summed E-state index contributed by atoms with van der Waals surface area (Å²) in [4.78, 5) is 17.5. The van der Waals surface area contributed by atoms with Crippen molar-refractivity contribution < 1.29 is 13.9 Å². The molecule has 29 heavy (non-hydrogen) atoms. The third kappa shape index (κ3) is 4.09. The second-order valence-electron chi connectivity index (χ2n) is 6.36. The summed E-state index contributed by atoms with van der Waals surface area (Å²) in [5.74, 6) is -0.867. The summed E-state index contributed by atoms with van der Waals surface area (Å²) in [7, 11) is 0. The van der Waals surface area contributed by atoms with Crippen LogP contribution >= 0.6 is 23.2 Å². The van der Waals surface area contributed by atoms with E-state index in [1.165, 1.54) is 12.1 Å². The average Bonchev–Trinajstić information content (AvgIpc) is 2.73. The van der Waals surface area contributed by atoms with E-state index in [1.54, 1.807) is 42.5 Å². The third-order valence-corrected chi connectivity index (χ3v) is 5.19. The molecule has 0 spiro atoms. The van der Waals surface area contributed by atoms with Gasteiger partial charge in [0, 0.05) is 26.6 Å². The molecule has 0 aliphatic heterocycles. The Hall–Kier alpha value is -2.95. The molecule has 0 saturated heterocycles. The zero-order valence-corrected chi connectivity index (χ0v) is 16.5. The molecule has 0 aliphatic rings. The van der Waals surface area contributed by atoms with E-state index in [2.05, 4.69) is 4.98 Å². The van der Waals surface area contributed by atoms with Gasteiger partial charge in [-0.25, -0.2) is 14.2 Å². The van der Waals surface area contributed by atoms with Crippen LogP contribution in [0.15, 0.2) is 72.8 Å². The Morgan fingerprint density at radius 3 is 2.34 bits per heavy atom. The number of hydrogen-bond donors (Lipinski definition) is 0. The smallest absolute Gasteiger partial charge is 0.339 e. The SMILES string of the molecule is O=C(OCc1c(Cl)cccc1Cl)c1cc(-c2ccc(F)cc2)nc2ccccc12. The second-order valence-corrected chi connectivity index (χ2v) is 7.17. The standard InChI is InChI=1S/C23H14Cl2FNO2/c24-19-5-3-6-20(25)18(19)13-29-23(28)17-12-22(14-8-10-15(26)11-9-14)27-21-7-2-1-4-16(17)21/h1-12H,13H2. The average molecular weight is 426 g/mol. The quantitative estimate of drug-likeness (QED) is 0.341. The Morgan fingerprint density at radius 1 is 0.931 bits per heavy atom. The van der Waals surface area contributed by atoms with Crippen molar-refractivity contribution >= 4 is 40.1 Å². The van der Waals surface area contributed by atoms with Crippen molar-refractivity contribution in [1.29, 1.82) is 0 Å². The summed E-state index contributed by atoms with van der Waals surface area (Å²) in [5, 5.41) is 1.52. The maximum atomic E-state index is 13.3. The molecule has 0 bridgehead atoms. The van der Waals surface area contributed by atoms with Gasteiger partial charge in [0.25, 0.3) is 0 Å². The highest BCUT2D eigenvalue weighted by molar-refractivity contribution is 6.36. The third-order valence-electron chi connectivity index (χ3n) is 4.49. The van der Waals surface area contributed by atoms with Gasteiger partial charge in [-0.2, -0.15) is 0 Å². The number of rotatable bonds is 4. The van der Waals surface area contributed by atoms with E-state index in [4.69, 9.17) is 27.9 Å². The van der Waals surface area contributed by atoms with Gasteiger partial charge in [0.05, 0.1) is 16.8 Å². The maximum absolute atomic E-state index is 13.3. The van der Waals surface area contributed by atoms with Crippen molar-refractivity contribution in [3.8, 4) is 11.3 Å². The van der Waals surface area contributed by atoms with E-state index in [1.807, 2.05) is 18.2 Å². The Kier molecular flexibility index (Phi) is 5.47. The minimum absolute atomic E-state index is 0.0557. The van der Waals surface area contributed by atoms with Gasteiger partial charge in [-0.1, -0.05) is 47.5 Å². The number of halogens is 3. The van der Waals surface area contributed by atoms with Gasteiger partial charge in [-0.15, -0.1) is 0 Å². The van der Waals surface area contributed by atoms with Gasteiger partial charge in [0.2, 0.25) is 0 Å². The first-order valence-electron chi connectivity index (χ1n) is 8.78. The van der Waals surface area contributed by atoms with Crippen LogP contribution in [-0.2, 0) is 11.3 Å². The Balaban J connectivity index is 1.72. The van der Waals surface area contributed by atoms with Gasteiger partial charge < -0.3 is 4.74 Å². The number of carbonyl (C=O) groups excluding carboxylic acids is 1. The lowest BCUT2D eigenvalue weighted by molar-refractivity contribution is 0.0475. The largest absolute Gasteiger partial charge is 0.457 e. The number of benzene rings is 3. The number of aromatic nitrogens is 1. The molecule has 0 fully saturated rings. The summed E-state index contributed by atoms with van der Waals surface area (Å²) >= 11 is 12.3. The number of nitrogens with zero attached hydrogens (tertiary/aromatic N) is 1. The second kappa shape index (κ2) is 8.19. The predicted molar refractivity (Wildman–Crippen MR) is 113 cm³/mol. The summed E-state index contributed by atoms with van der Waals surface area (Å²) < 4.78 is 18.8. The van der Waals surface area contributed by atoms with Crippen LogP contribution in [0, 0.1) is 5.82 Å². The molecule has 1 heterocycles. The summed E-state index contributed by atoms with van der Waals surface area (Å²) in [6, 6.07) is 19.9. The highest BCUT2D eigenvalue weighted by atomic mass is 35.5. The topological polar surface area (TPSA) is 39.2 Å². The van der Waals surface area contributed by atoms with Gasteiger partial charge >= 0.3 is 5.97 Å². The van der Waals surface area contributed by atoms with E-state index in [9.17, 15) is 9.18 Å². The Labute approximate surface area is 176 Å². The zero-order chi connectivity index (χ0) is 20.4. The van der Waals surface area contributed by atoms with Crippen molar-refractivity contribution in [2.75, 3.05) is 0 Å². The number of pyridine rings is 1. The van der Waals surface area contributed by atoms with Crippen LogP contribution in [0.5, 0.6) is 0 Å². The molecule has 0 amide bonds. The molecular formula is C23H14Cl2FNO2. The molecule has 0 radical (unpaired) electrons. The molecule has 0 N–H and O–H groups in total. The summed E-state index contributed by atoms with van der Waals surface area (Å²) in [5.41, 5.74) is 2.78. The van der Waals surface area contributed by atoms with Gasteiger partial charge in [0.15, 0.2) is 0 Å². The first-order valence-corrected chi connectivity index (χ1v) is 9.54. The molecular weight excluding hydrogens is 412 g/mol. The Morgan fingerprint density at radius 2 is 1.62 bits per heavy atom. The number of esters is 1. The lowest BCUT2D eigenvalue weighted by Gasteiger charge is -2.11. The minimum Gasteiger partial charge on any atom is -0.457 e. The van der Waals surface area contributed by atoms with E-state index in [-0.39, 0.29) is 12.4 Å². The normalized spacial score (nSPS) is 10.9. The van der Waals surface area contributed by atoms with Crippen LogP contribution in [0.1, 0.15) is 15.9 Å². The van der Waals surface area contributed by atoms with Crippen LogP contribution in [0.2, 0.25) is 10.0 Å². The van der Waals surface area contributed by atoms with E-state index in [0.717, 1.165) is 0 Å². The highest BCUT2D eigenvalue weighted by Gasteiger charge is 2.17. The van der Waals surface area contributed by atoms with Gasteiger partial charge in [-0.05, 0) is 48.5 Å². The molecule has 6 heteroatoms. The predicted octanol–water partition coefficient (Wildman–Crippen LogP) is 6.70. The van der Waals surface area contributed by atoms with Crippen LogP contribution in [0.25, 0.3) is 22.2 Å². The fraction of sp³-hybridized carbons (Fsp3) is 0.0435. The summed E-state index contributed by atoms with van der Waals surface area (Å²) in [6.07, 6.45) is 0. The molecule has 144 valence electrons. The highest BCUT2D eigenvalue weighted by Crippen LogP contribution is 2.28. The lowest BCUT2D eigenvalue weighted by Crippen LogP contribution is -2.07. The molecule has 0 saturated carbocycles. The van der Waals surface area contributed by atoms with Crippen molar-refractivity contribution in [3.63, 3.8) is 0 Å². The fourth-order valence-corrected chi connectivity index (χ4v) is 3.51.